The average Bonchev–Trinajstić information content (AvgIpc) is 3.32. The number of hydrogen-bond acceptors (Lipinski definition) is 8. The zero-order chi connectivity index (χ0) is 25.4. The lowest BCUT2D eigenvalue weighted by Crippen LogP contribution is -2.19. The van der Waals surface area contributed by atoms with E-state index < -0.39 is 15.6 Å². The van der Waals surface area contributed by atoms with E-state index in [2.05, 4.69) is 0 Å². The Morgan fingerprint density at radius 2 is 1.69 bits per heavy atom. The van der Waals surface area contributed by atoms with E-state index >= 15 is 0 Å². The molecule has 3 aromatic carbocycles. The Morgan fingerprint density at radius 1 is 0.972 bits per heavy atom. The molecular formula is C26H23N3O6S. The second-order valence-corrected chi connectivity index (χ2v) is 9.81. The summed E-state index contributed by atoms with van der Waals surface area (Å²) in [4.78, 5) is 12.9. The maximum absolute atomic E-state index is 12.9. The van der Waals surface area contributed by atoms with Crippen molar-refractivity contribution in [3.05, 3.63) is 94.3 Å². The highest BCUT2D eigenvalue weighted by atomic mass is 32.2. The van der Waals surface area contributed by atoms with Gasteiger partial charge in [0.2, 0.25) is 10.0 Å². The zero-order valence-electron chi connectivity index (χ0n) is 19.5. The first kappa shape index (κ1) is 23.6. The van der Waals surface area contributed by atoms with E-state index in [0.717, 1.165) is 10.9 Å². The summed E-state index contributed by atoms with van der Waals surface area (Å²) in [6, 6.07) is 20.4. The van der Waals surface area contributed by atoms with E-state index in [4.69, 9.17) is 24.1 Å². The van der Waals surface area contributed by atoms with Crippen LogP contribution in [0.2, 0.25) is 0 Å². The molecule has 1 aliphatic rings. The largest absolute Gasteiger partial charge is 0.493 e. The highest BCUT2D eigenvalue weighted by Crippen LogP contribution is 2.39. The summed E-state index contributed by atoms with van der Waals surface area (Å²) in [5, 5.41) is 12.6. The fourth-order valence-electron chi connectivity index (χ4n) is 4.28. The molecule has 1 unspecified atom stereocenters. The molecule has 0 saturated carbocycles. The summed E-state index contributed by atoms with van der Waals surface area (Å²) in [6.07, 6.45) is 0.398. The van der Waals surface area contributed by atoms with E-state index in [-0.39, 0.29) is 10.9 Å². The normalized spacial score (nSPS) is 15.7. The van der Waals surface area contributed by atoms with Gasteiger partial charge in [-0.15, -0.1) is 0 Å². The quantitative estimate of drug-likeness (QED) is 0.395. The van der Waals surface area contributed by atoms with Crippen LogP contribution < -0.4 is 25.2 Å². The number of sulfonamides is 1. The molecule has 9 nitrogen and oxygen atoms in total. The maximum Gasteiger partial charge on any atom is 0.345 e. The van der Waals surface area contributed by atoms with Crippen molar-refractivity contribution < 1.29 is 22.3 Å². The predicted molar refractivity (Wildman–Crippen MR) is 136 cm³/mol. The van der Waals surface area contributed by atoms with Crippen LogP contribution in [-0.4, -0.2) is 28.3 Å². The van der Waals surface area contributed by atoms with Crippen LogP contribution in [0.5, 0.6) is 11.5 Å². The summed E-state index contributed by atoms with van der Waals surface area (Å²) in [5.41, 5.74) is 2.42. The number of nitrogens with zero attached hydrogens (tertiary/aromatic N) is 2. The average molecular weight is 506 g/mol. The van der Waals surface area contributed by atoms with Crippen molar-refractivity contribution in [2.75, 3.05) is 19.2 Å². The molecule has 0 spiro atoms. The third-order valence-electron chi connectivity index (χ3n) is 6.08. The molecule has 0 aliphatic carbocycles. The van der Waals surface area contributed by atoms with Crippen LogP contribution >= 0.6 is 0 Å². The molecule has 1 atom stereocenters. The van der Waals surface area contributed by atoms with Gasteiger partial charge < -0.3 is 13.9 Å². The smallest absolute Gasteiger partial charge is 0.345 e. The lowest BCUT2D eigenvalue weighted by Gasteiger charge is -2.24. The molecule has 4 aromatic rings. The molecule has 1 aliphatic heterocycles. The highest BCUT2D eigenvalue weighted by molar-refractivity contribution is 7.89. The molecule has 10 heteroatoms. The monoisotopic (exact) mass is 505 g/mol. The Balaban J connectivity index is 1.62. The van der Waals surface area contributed by atoms with Gasteiger partial charge in [-0.1, -0.05) is 24.3 Å². The van der Waals surface area contributed by atoms with Crippen molar-refractivity contribution in [3.8, 4) is 11.5 Å². The van der Waals surface area contributed by atoms with Gasteiger partial charge in [0.15, 0.2) is 11.5 Å². The van der Waals surface area contributed by atoms with Gasteiger partial charge >= 0.3 is 5.63 Å². The summed E-state index contributed by atoms with van der Waals surface area (Å²) in [7, 11) is -0.724. The number of hydrazone groups is 1. The first-order valence-electron chi connectivity index (χ1n) is 11.0. The lowest BCUT2D eigenvalue weighted by atomic mass is 9.98. The number of para-hydroxylation sites is 1. The zero-order valence-corrected chi connectivity index (χ0v) is 20.4. The van der Waals surface area contributed by atoms with E-state index in [0.29, 0.717) is 40.5 Å². The molecule has 0 amide bonds. The molecule has 0 bridgehead atoms. The number of rotatable bonds is 6. The molecule has 2 N–H and O–H groups in total. The number of nitrogens with two attached hydrogens (primary N) is 1. The molecule has 1 aromatic heterocycles. The summed E-state index contributed by atoms with van der Waals surface area (Å²) >= 11 is 0. The molecular weight excluding hydrogens is 482 g/mol. The third kappa shape index (κ3) is 4.32. The number of ether oxygens (including phenoxy) is 2. The number of hydrogen-bond donors (Lipinski definition) is 1. The minimum atomic E-state index is -3.84. The number of methoxy groups -OCH3 is 2. The summed E-state index contributed by atoms with van der Waals surface area (Å²) in [6.45, 7) is 0. The highest BCUT2D eigenvalue weighted by Gasteiger charge is 2.32. The van der Waals surface area contributed by atoms with Crippen LogP contribution in [0, 0.1) is 0 Å². The molecule has 0 saturated heterocycles. The van der Waals surface area contributed by atoms with Gasteiger partial charge in [0.05, 0.1) is 42.1 Å². The fraction of sp³-hybridized carbons (Fsp3) is 0.154. The predicted octanol–water partition coefficient (Wildman–Crippen LogP) is 3.81. The summed E-state index contributed by atoms with van der Waals surface area (Å²) < 4.78 is 39.8. The Labute approximate surface area is 207 Å². The molecule has 2 heterocycles. The standard InChI is InChI=1S/C26H23N3O6S/c1-33-24-12-7-16(14-25(24)34-2)22-15-21(20-13-17-5-3-4-6-23(17)35-26(20)30)28-29(22)18-8-10-19(11-9-18)36(27,31)32/h3-14,22H,15H2,1-2H3,(H2,27,31,32). The van der Waals surface area contributed by atoms with Crippen molar-refractivity contribution >= 4 is 32.4 Å². The van der Waals surface area contributed by atoms with Crippen LogP contribution in [0.15, 0.2) is 92.0 Å². The SMILES string of the molecule is COc1ccc(C2CC(c3cc4ccccc4oc3=O)=NN2c2ccc(S(N)(=O)=O)cc2)cc1OC. The number of benzene rings is 3. The fourth-order valence-corrected chi connectivity index (χ4v) is 4.80. The first-order chi connectivity index (χ1) is 17.3. The molecule has 184 valence electrons. The first-order valence-corrected chi connectivity index (χ1v) is 12.6. The van der Waals surface area contributed by atoms with Crippen LogP contribution in [0.4, 0.5) is 5.69 Å². The topological polar surface area (TPSA) is 124 Å². The Bertz CT molecular complexity index is 1640. The van der Waals surface area contributed by atoms with Gasteiger partial charge in [-0.3, -0.25) is 5.01 Å². The van der Waals surface area contributed by atoms with E-state index in [9.17, 15) is 13.2 Å². The lowest BCUT2D eigenvalue weighted by molar-refractivity contribution is 0.354. The second kappa shape index (κ2) is 9.14. The van der Waals surface area contributed by atoms with E-state index in [1.807, 2.05) is 24.3 Å². The van der Waals surface area contributed by atoms with Crippen molar-refractivity contribution in [1.29, 1.82) is 0 Å². The van der Waals surface area contributed by atoms with Crippen LogP contribution in [0.3, 0.4) is 0 Å². The van der Waals surface area contributed by atoms with E-state index in [1.54, 1.807) is 55.6 Å². The third-order valence-corrected chi connectivity index (χ3v) is 7.01. The molecule has 36 heavy (non-hydrogen) atoms. The van der Waals surface area contributed by atoms with Gasteiger partial charge in [0.25, 0.3) is 0 Å². The second-order valence-electron chi connectivity index (χ2n) is 8.25. The minimum Gasteiger partial charge on any atom is -0.493 e. The van der Waals surface area contributed by atoms with E-state index in [1.165, 1.54) is 12.1 Å². The van der Waals surface area contributed by atoms with Crippen molar-refractivity contribution in [2.24, 2.45) is 10.2 Å². The van der Waals surface area contributed by atoms with Crippen molar-refractivity contribution in [2.45, 2.75) is 17.4 Å². The number of fused-ring (bicyclic) bond motifs is 1. The molecule has 5 rings (SSSR count). The Morgan fingerprint density at radius 3 is 2.39 bits per heavy atom. The van der Waals surface area contributed by atoms with Gasteiger partial charge in [0.1, 0.15) is 5.58 Å². The maximum atomic E-state index is 12.9. The van der Waals surface area contributed by atoms with Gasteiger partial charge in [-0.2, -0.15) is 5.10 Å². The van der Waals surface area contributed by atoms with Gasteiger partial charge in [-0.05, 0) is 54.1 Å². The summed E-state index contributed by atoms with van der Waals surface area (Å²) in [5.74, 6) is 1.14. The van der Waals surface area contributed by atoms with Crippen LogP contribution in [-0.2, 0) is 10.0 Å². The Hall–Kier alpha value is -4.15. The van der Waals surface area contributed by atoms with Crippen molar-refractivity contribution in [3.63, 3.8) is 0 Å². The number of anilines is 1. The number of primary sulfonamides is 1. The molecule has 0 radical (unpaired) electrons. The minimum absolute atomic E-state index is 0.00695. The van der Waals surface area contributed by atoms with Crippen LogP contribution in [0.1, 0.15) is 23.6 Å². The Kier molecular flexibility index (Phi) is 5.99. The molecule has 0 fully saturated rings. The van der Waals surface area contributed by atoms with Crippen LogP contribution in [0.25, 0.3) is 11.0 Å². The van der Waals surface area contributed by atoms with Crippen molar-refractivity contribution in [1.82, 2.24) is 0 Å². The van der Waals surface area contributed by atoms with Gasteiger partial charge in [-0.25, -0.2) is 18.4 Å². The van der Waals surface area contributed by atoms with Gasteiger partial charge in [0, 0.05) is 11.8 Å².